The van der Waals surface area contributed by atoms with Gasteiger partial charge in [0.15, 0.2) is 0 Å². The second-order valence-electron chi connectivity index (χ2n) is 4.69. The molecule has 3 heteroatoms. The van der Waals surface area contributed by atoms with E-state index in [2.05, 4.69) is 17.9 Å². The number of aryl methyl sites for hydroxylation is 2. The molecule has 0 atom stereocenters. The maximum atomic E-state index is 9.74. The molecular weight excluding hydrogens is 214 g/mol. The predicted molar refractivity (Wildman–Crippen MR) is 68.4 cm³/mol. The summed E-state index contributed by atoms with van der Waals surface area (Å²) in [6.07, 6.45) is 2.04. The zero-order chi connectivity index (χ0) is 12.1. The Kier molecular flexibility index (Phi) is 4.40. The lowest BCUT2D eigenvalue weighted by Gasteiger charge is -2.26. The van der Waals surface area contributed by atoms with Crippen molar-refractivity contribution in [3.63, 3.8) is 0 Å². The molecule has 1 heterocycles. The third-order valence-corrected chi connectivity index (χ3v) is 3.26. The smallest absolute Gasteiger partial charge is 0.118 e. The third kappa shape index (κ3) is 3.72. The van der Waals surface area contributed by atoms with Gasteiger partial charge in [0.2, 0.25) is 0 Å². The summed E-state index contributed by atoms with van der Waals surface area (Å²) in [5.41, 5.74) is 2.28. The van der Waals surface area contributed by atoms with E-state index in [9.17, 15) is 5.11 Å². The number of morpholine rings is 1. The fourth-order valence-corrected chi connectivity index (χ4v) is 2.23. The number of rotatable bonds is 4. The average Bonchev–Trinajstić information content (AvgIpc) is 2.35. The molecule has 1 aromatic carbocycles. The van der Waals surface area contributed by atoms with E-state index >= 15 is 0 Å². The maximum absolute atomic E-state index is 9.74. The van der Waals surface area contributed by atoms with E-state index in [1.807, 2.05) is 6.07 Å². The van der Waals surface area contributed by atoms with Crippen molar-refractivity contribution < 1.29 is 9.84 Å². The molecule has 94 valence electrons. The van der Waals surface area contributed by atoms with Crippen molar-refractivity contribution in [1.29, 1.82) is 0 Å². The Balaban J connectivity index is 1.79. The van der Waals surface area contributed by atoms with Gasteiger partial charge in [-0.15, -0.1) is 0 Å². The summed E-state index contributed by atoms with van der Waals surface area (Å²) < 4.78 is 5.32. The summed E-state index contributed by atoms with van der Waals surface area (Å²) in [5.74, 6) is 0.428. The van der Waals surface area contributed by atoms with Crippen molar-refractivity contribution in [3.05, 3.63) is 29.3 Å². The SMILES string of the molecule is Cc1ccc(O)c(CCCN2CCOCC2)c1. The van der Waals surface area contributed by atoms with Crippen LogP contribution in [-0.2, 0) is 11.2 Å². The second-order valence-corrected chi connectivity index (χ2v) is 4.69. The van der Waals surface area contributed by atoms with Gasteiger partial charge < -0.3 is 9.84 Å². The second kappa shape index (κ2) is 6.03. The first-order chi connectivity index (χ1) is 8.25. The quantitative estimate of drug-likeness (QED) is 0.866. The van der Waals surface area contributed by atoms with Crippen LogP contribution in [0.2, 0.25) is 0 Å². The maximum Gasteiger partial charge on any atom is 0.118 e. The van der Waals surface area contributed by atoms with Gasteiger partial charge in [0.25, 0.3) is 0 Å². The molecule has 0 amide bonds. The van der Waals surface area contributed by atoms with Crippen molar-refractivity contribution in [3.8, 4) is 5.75 Å². The zero-order valence-electron chi connectivity index (χ0n) is 10.5. The van der Waals surface area contributed by atoms with Gasteiger partial charge >= 0.3 is 0 Å². The van der Waals surface area contributed by atoms with Gasteiger partial charge in [-0.05, 0) is 37.9 Å². The normalized spacial score (nSPS) is 17.2. The number of ether oxygens (including phenoxy) is 1. The van der Waals surface area contributed by atoms with Crippen LogP contribution in [0, 0.1) is 6.92 Å². The summed E-state index contributed by atoms with van der Waals surface area (Å²) in [4.78, 5) is 2.43. The highest BCUT2D eigenvalue weighted by Crippen LogP contribution is 2.19. The summed E-state index contributed by atoms with van der Waals surface area (Å²) in [5, 5.41) is 9.74. The molecule has 17 heavy (non-hydrogen) atoms. The number of aromatic hydroxyl groups is 1. The Morgan fingerprint density at radius 2 is 2.06 bits per heavy atom. The molecule has 1 aromatic rings. The number of benzene rings is 1. The minimum absolute atomic E-state index is 0.428. The third-order valence-electron chi connectivity index (χ3n) is 3.26. The number of hydrogen-bond donors (Lipinski definition) is 1. The first-order valence-electron chi connectivity index (χ1n) is 6.34. The summed E-state index contributed by atoms with van der Waals surface area (Å²) >= 11 is 0. The number of phenols is 1. The van der Waals surface area contributed by atoms with Crippen LogP contribution in [-0.4, -0.2) is 42.9 Å². The molecular formula is C14H21NO2. The van der Waals surface area contributed by atoms with Crippen LogP contribution in [0.25, 0.3) is 0 Å². The van der Waals surface area contributed by atoms with Crippen molar-refractivity contribution in [2.24, 2.45) is 0 Å². The van der Waals surface area contributed by atoms with Gasteiger partial charge in [0.1, 0.15) is 5.75 Å². The molecule has 1 aliphatic heterocycles. The number of nitrogens with zero attached hydrogens (tertiary/aromatic N) is 1. The molecule has 1 N–H and O–H groups in total. The standard InChI is InChI=1S/C14H21NO2/c1-12-4-5-14(16)13(11-12)3-2-6-15-7-9-17-10-8-15/h4-5,11,16H,2-3,6-10H2,1H3. The molecule has 0 bridgehead atoms. The topological polar surface area (TPSA) is 32.7 Å². The lowest BCUT2D eigenvalue weighted by atomic mass is 10.1. The Labute approximate surface area is 103 Å². The van der Waals surface area contributed by atoms with Crippen LogP contribution in [0.5, 0.6) is 5.75 Å². The molecule has 0 radical (unpaired) electrons. The highest BCUT2D eigenvalue weighted by Gasteiger charge is 2.10. The first-order valence-corrected chi connectivity index (χ1v) is 6.34. The van der Waals surface area contributed by atoms with Crippen molar-refractivity contribution in [1.82, 2.24) is 4.90 Å². The zero-order valence-corrected chi connectivity index (χ0v) is 10.5. The Bertz CT molecular complexity index is 359. The molecule has 1 aliphatic rings. The molecule has 0 saturated carbocycles. The van der Waals surface area contributed by atoms with Gasteiger partial charge in [-0.25, -0.2) is 0 Å². The molecule has 0 spiro atoms. The van der Waals surface area contributed by atoms with E-state index in [1.165, 1.54) is 5.56 Å². The summed E-state index contributed by atoms with van der Waals surface area (Å²) in [7, 11) is 0. The summed E-state index contributed by atoms with van der Waals surface area (Å²) in [6.45, 7) is 6.95. The highest BCUT2D eigenvalue weighted by molar-refractivity contribution is 5.35. The Morgan fingerprint density at radius 1 is 1.29 bits per heavy atom. The van der Waals surface area contributed by atoms with Crippen LogP contribution >= 0.6 is 0 Å². The van der Waals surface area contributed by atoms with Crippen molar-refractivity contribution in [2.45, 2.75) is 19.8 Å². The Hall–Kier alpha value is -1.06. The molecule has 0 aromatic heterocycles. The van der Waals surface area contributed by atoms with Gasteiger partial charge in [-0.1, -0.05) is 17.7 Å². The van der Waals surface area contributed by atoms with Gasteiger partial charge in [-0.3, -0.25) is 4.90 Å². The fraction of sp³-hybridized carbons (Fsp3) is 0.571. The number of hydrogen-bond acceptors (Lipinski definition) is 3. The molecule has 1 fully saturated rings. The minimum atomic E-state index is 0.428. The van der Waals surface area contributed by atoms with Crippen LogP contribution in [0.4, 0.5) is 0 Å². The van der Waals surface area contributed by atoms with Gasteiger partial charge in [0.05, 0.1) is 13.2 Å². The minimum Gasteiger partial charge on any atom is -0.508 e. The highest BCUT2D eigenvalue weighted by atomic mass is 16.5. The molecule has 0 unspecified atom stereocenters. The van der Waals surface area contributed by atoms with Crippen LogP contribution < -0.4 is 0 Å². The molecule has 1 saturated heterocycles. The Morgan fingerprint density at radius 3 is 2.82 bits per heavy atom. The lowest BCUT2D eigenvalue weighted by Crippen LogP contribution is -2.36. The predicted octanol–water partition coefficient (Wildman–Crippen LogP) is 1.97. The van der Waals surface area contributed by atoms with Gasteiger partial charge in [0, 0.05) is 13.1 Å². The van der Waals surface area contributed by atoms with Crippen LogP contribution in [0.1, 0.15) is 17.5 Å². The van der Waals surface area contributed by atoms with Crippen molar-refractivity contribution >= 4 is 0 Å². The van der Waals surface area contributed by atoms with Gasteiger partial charge in [-0.2, -0.15) is 0 Å². The molecule has 2 rings (SSSR count). The lowest BCUT2D eigenvalue weighted by molar-refractivity contribution is 0.0374. The van der Waals surface area contributed by atoms with Crippen LogP contribution in [0.15, 0.2) is 18.2 Å². The monoisotopic (exact) mass is 235 g/mol. The largest absolute Gasteiger partial charge is 0.508 e. The van der Waals surface area contributed by atoms with E-state index in [1.54, 1.807) is 6.07 Å². The molecule has 0 aliphatic carbocycles. The fourth-order valence-electron chi connectivity index (χ4n) is 2.23. The van der Waals surface area contributed by atoms with E-state index in [0.29, 0.717) is 5.75 Å². The van der Waals surface area contributed by atoms with E-state index in [4.69, 9.17) is 4.74 Å². The van der Waals surface area contributed by atoms with E-state index < -0.39 is 0 Å². The average molecular weight is 235 g/mol. The molecule has 3 nitrogen and oxygen atoms in total. The first kappa shape index (κ1) is 12.4. The number of phenolic OH excluding ortho intramolecular Hbond substituents is 1. The van der Waals surface area contributed by atoms with Crippen molar-refractivity contribution in [2.75, 3.05) is 32.8 Å². The van der Waals surface area contributed by atoms with E-state index in [-0.39, 0.29) is 0 Å². The summed E-state index contributed by atoms with van der Waals surface area (Å²) in [6, 6.07) is 5.81. The van der Waals surface area contributed by atoms with Crippen LogP contribution in [0.3, 0.4) is 0 Å². The van der Waals surface area contributed by atoms with E-state index in [0.717, 1.165) is 51.3 Å².